The van der Waals surface area contributed by atoms with E-state index in [0.717, 1.165) is 11.1 Å². The molecule has 0 spiro atoms. The lowest BCUT2D eigenvalue weighted by molar-refractivity contribution is 0.293. The lowest BCUT2D eigenvalue weighted by Gasteiger charge is -2.09. The Morgan fingerprint density at radius 2 is 1.14 bits per heavy atom. The molecule has 0 heterocycles. The molecule has 78 valence electrons. The summed E-state index contributed by atoms with van der Waals surface area (Å²) in [6.45, 7) is -0.184. The molecule has 2 unspecified atom stereocenters. The smallest absolute Gasteiger partial charge is 0.0816 e. The summed E-state index contributed by atoms with van der Waals surface area (Å²) < 4.78 is 0. The minimum absolute atomic E-state index is 0.0921. The number of aliphatic hydroxyl groups is 2. The number of alkyl halides is 2. The molecule has 0 aliphatic rings. The average Bonchev–Trinajstić information content (AvgIpc) is 2.27. The largest absolute Gasteiger partial charge is 0.394 e. The molecular formula is C10H12Cl2O2. The van der Waals surface area contributed by atoms with Crippen LogP contribution in [0.4, 0.5) is 0 Å². The lowest BCUT2D eigenvalue weighted by atomic mass is 10.1. The molecule has 0 fully saturated rings. The molecule has 1 aromatic rings. The van der Waals surface area contributed by atoms with Gasteiger partial charge in [0.2, 0.25) is 0 Å². The van der Waals surface area contributed by atoms with Crippen molar-refractivity contribution < 1.29 is 10.2 Å². The van der Waals surface area contributed by atoms with Crippen LogP contribution in [0.2, 0.25) is 0 Å². The molecule has 2 atom stereocenters. The van der Waals surface area contributed by atoms with Gasteiger partial charge in [-0.05, 0) is 11.1 Å². The molecule has 0 radical (unpaired) electrons. The van der Waals surface area contributed by atoms with Crippen molar-refractivity contribution in [3.8, 4) is 0 Å². The second-order valence-corrected chi connectivity index (χ2v) is 4.02. The van der Waals surface area contributed by atoms with Crippen LogP contribution < -0.4 is 0 Å². The minimum Gasteiger partial charge on any atom is -0.394 e. The molecule has 14 heavy (non-hydrogen) atoms. The maximum atomic E-state index is 8.81. The molecule has 4 heteroatoms. The molecule has 0 saturated carbocycles. The van der Waals surface area contributed by atoms with Gasteiger partial charge in [0.15, 0.2) is 0 Å². The van der Waals surface area contributed by atoms with Crippen molar-refractivity contribution in [1.82, 2.24) is 0 Å². The standard InChI is InChI=1S/C10H12Cl2O2/c11-9(5-13)7-1-2-8(4-3-7)10(12)6-14/h1-4,9-10,13-14H,5-6H2. The van der Waals surface area contributed by atoms with Crippen molar-refractivity contribution in [2.75, 3.05) is 13.2 Å². The molecule has 0 aliphatic heterocycles. The second kappa shape index (κ2) is 5.56. The van der Waals surface area contributed by atoms with Gasteiger partial charge in [-0.15, -0.1) is 23.2 Å². The van der Waals surface area contributed by atoms with Gasteiger partial charge in [0.05, 0.1) is 24.0 Å². The highest BCUT2D eigenvalue weighted by Gasteiger charge is 2.09. The molecule has 2 nitrogen and oxygen atoms in total. The monoisotopic (exact) mass is 234 g/mol. The van der Waals surface area contributed by atoms with E-state index >= 15 is 0 Å². The number of benzene rings is 1. The van der Waals surface area contributed by atoms with Gasteiger partial charge < -0.3 is 10.2 Å². The van der Waals surface area contributed by atoms with Crippen LogP contribution in [0.3, 0.4) is 0 Å². The van der Waals surface area contributed by atoms with Gasteiger partial charge >= 0.3 is 0 Å². The highest BCUT2D eigenvalue weighted by molar-refractivity contribution is 6.21. The van der Waals surface area contributed by atoms with E-state index in [1.54, 1.807) is 24.3 Å². The summed E-state index contributed by atoms with van der Waals surface area (Å²) >= 11 is 11.6. The molecule has 0 saturated heterocycles. The zero-order valence-electron chi connectivity index (χ0n) is 7.53. The van der Waals surface area contributed by atoms with Gasteiger partial charge in [0.1, 0.15) is 0 Å². The summed E-state index contributed by atoms with van der Waals surface area (Å²) in [5, 5.41) is 16.9. The summed E-state index contributed by atoms with van der Waals surface area (Å²) in [7, 11) is 0. The van der Waals surface area contributed by atoms with Crippen molar-refractivity contribution in [3.05, 3.63) is 35.4 Å². The van der Waals surface area contributed by atoms with E-state index in [2.05, 4.69) is 0 Å². The SMILES string of the molecule is OCC(Cl)c1ccc(C(Cl)CO)cc1. The van der Waals surface area contributed by atoms with Crippen LogP contribution in [-0.2, 0) is 0 Å². The van der Waals surface area contributed by atoms with E-state index in [1.165, 1.54) is 0 Å². The second-order valence-electron chi connectivity index (χ2n) is 2.97. The summed E-state index contributed by atoms with van der Waals surface area (Å²) in [6, 6.07) is 7.20. The van der Waals surface area contributed by atoms with Gasteiger partial charge in [0.25, 0.3) is 0 Å². The van der Waals surface area contributed by atoms with Crippen LogP contribution in [0, 0.1) is 0 Å². The molecule has 1 rings (SSSR count). The molecule has 0 amide bonds. The Hall–Kier alpha value is -0.280. The van der Waals surface area contributed by atoms with Crippen LogP contribution >= 0.6 is 23.2 Å². The fraction of sp³-hybridized carbons (Fsp3) is 0.400. The van der Waals surface area contributed by atoms with Gasteiger partial charge in [-0.3, -0.25) is 0 Å². The molecule has 0 bridgehead atoms. The van der Waals surface area contributed by atoms with Crippen LogP contribution in [0.25, 0.3) is 0 Å². The molecule has 1 aromatic carbocycles. The topological polar surface area (TPSA) is 40.5 Å². The quantitative estimate of drug-likeness (QED) is 0.785. The summed E-state index contributed by atoms with van der Waals surface area (Å²) in [5.41, 5.74) is 1.69. The summed E-state index contributed by atoms with van der Waals surface area (Å²) in [6.07, 6.45) is 0. The third-order valence-electron chi connectivity index (χ3n) is 1.98. The first kappa shape index (κ1) is 11.8. The third-order valence-corrected chi connectivity index (χ3v) is 2.76. The van der Waals surface area contributed by atoms with E-state index in [4.69, 9.17) is 33.4 Å². The minimum atomic E-state index is -0.382. The Kier molecular flexibility index (Phi) is 4.69. The third kappa shape index (κ3) is 2.85. The Labute approximate surface area is 93.1 Å². The summed E-state index contributed by atoms with van der Waals surface area (Å²) in [5.74, 6) is 0. The van der Waals surface area contributed by atoms with Crippen molar-refractivity contribution in [3.63, 3.8) is 0 Å². The van der Waals surface area contributed by atoms with Crippen molar-refractivity contribution in [2.24, 2.45) is 0 Å². The maximum Gasteiger partial charge on any atom is 0.0816 e. The average molecular weight is 235 g/mol. The maximum absolute atomic E-state index is 8.81. The highest BCUT2D eigenvalue weighted by Crippen LogP contribution is 2.24. The van der Waals surface area contributed by atoms with Gasteiger partial charge in [-0.2, -0.15) is 0 Å². The van der Waals surface area contributed by atoms with Gasteiger partial charge in [0, 0.05) is 0 Å². The fourth-order valence-corrected chi connectivity index (χ4v) is 1.42. The van der Waals surface area contributed by atoms with Crippen LogP contribution in [0.5, 0.6) is 0 Å². The fourth-order valence-electron chi connectivity index (χ4n) is 1.12. The zero-order valence-corrected chi connectivity index (χ0v) is 9.04. The highest BCUT2D eigenvalue weighted by atomic mass is 35.5. The molecule has 0 aliphatic carbocycles. The normalized spacial score (nSPS) is 15.1. The molecule has 0 aromatic heterocycles. The van der Waals surface area contributed by atoms with E-state index in [-0.39, 0.29) is 24.0 Å². The van der Waals surface area contributed by atoms with Crippen molar-refractivity contribution in [1.29, 1.82) is 0 Å². The molecular weight excluding hydrogens is 223 g/mol. The van der Waals surface area contributed by atoms with Crippen LogP contribution in [-0.4, -0.2) is 23.4 Å². The van der Waals surface area contributed by atoms with Crippen LogP contribution in [0.1, 0.15) is 21.9 Å². The molecule has 2 N–H and O–H groups in total. The Morgan fingerprint density at radius 1 is 0.857 bits per heavy atom. The zero-order chi connectivity index (χ0) is 10.6. The first-order valence-electron chi connectivity index (χ1n) is 4.28. The summed E-state index contributed by atoms with van der Waals surface area (Å²) in [4.78, 5) is 0. The predicted octanol–water partition coefficient (Wildman–Crippen LogP) is 2.23. The van der Waals surface area contributed by atoms with Gasteiger partial charge in [-0.25, -0.2) is 0 Å². The Bertz CT molecular complexity index is 245. The van der Waals surface area contributed by atoms with E-state index in [0.29, 0.717) is 0 Å². The first-order chi connectivity index (χ1) is 6.69. The Balaban J connectivity index is 2.78. The Morgan fingerprint density at radius 3 is 1.36 bits per heavy atom. The number of rotatable bonds is 4. The number of aliphatic hydroxyl groups excluding tert-OH is 2. The van der Waals surface area contributed by atoms with Gasteiger partial charge in [-0.1, -0.05) is 24.3 Å². The number of hydrogen-bond acceptors (Lipinski definition) is 2. The van der Waals surface area contributed by atoms with Crippen molar-refractivity contribution in [2.45, 2.75) is 10.8 Å². The van der Waals surface area contributed by atoms with E-state index < -0.39 is 0 Å². The predicted molar refractivity (Wildman–Crippen MR) is 57.8 cm³/mol. The van der Waals surface area contributed by atoms with Crippen LogP contribution in [0.15, 0.2) is 24.3 Å². The van der Waals surface area contributed by atoms with Crippen molar-refractivity contribution >= 4 is 23.2 Å². The van der Waals surface area contributed by atoms with E-state index in [9.17, 15) is 0 Å². The van der Waals surface area contributed by atoms with E-state index in [1.807, 2.05) is 0 Å². The lowest BCUT2D eigenvalue weighted by Crippen LogP contribution is -1.99. The first-order valence-corrected chi connectivity index (χ1v) is 5.16. The number of hydrogen-bond donors (Lipinski definition) is 2. The number of halogens is 2.